The second-order valence-electron chi connectivity index (χ2n) is 6.85. The Labute approximate surface area is 210 Å². The molecule has 13 heteroatoms. The zero-order valence-electron chi connectivity index (χ0n) is 18.6. The summed E-state index contributed by atoms with van der Waals surface area (Å²) in [6.07, 6.45) is -0.298. The Balaban J connectivity index is 0.00000142. The van der Waals surface area contributed by atoms with Gasteiger partial charge in [-0.15, -0.1) is 5.56 Å². The van der Waals surface area contributed by atoms with Gasteiger partial charge in [0, 0.05) is 30.4 Å². The molecule has 1 atom stereocenters. The minimum atomic E-state index is -5.23. The second-order valence-corrected chi connectivity index (χ2v) is 8.64. The Bertz CT molecular complexity index is 1070. The summed E-state index contributed by atoms with van der Waals surface area (Å²) in [5.74, 6) is -1.90. The van der Waals surface area contributed by atoms with Crippen molar-refractivity contribution in [1.82, 2.24) is 9.99 Å². The third-order valence-corrected chi connectivity index (χ3v) is 4.47. The molecule has 0 radical (unpaired) electrons. The fraction of sp³-hybridized carbons (Fsp3) is 0.227. The van der Waals surface area contributed by atoms with E-state index in [1.807, 2.05) is 6.92 Å². The van der Waals surface area contributed by atoms with Crippen molar-refractivity contribution in [2.45, 2.75) is 26.4 Å². The number of hydrazone groups is 1. The Morgan fingerprint density at radius 2 is 1.91 bits per heavy atom. The number of primary amides is 1. The number of carbonyl (C=O) groups excluding carboxylic acids is 1. The summed E-state index contributed by atoms with van der Waals surface area (Å²) in [6, 6.07) is 8.15. The van der Waals surface area contributed by atoms with Gasteiger partial charge in [0.2, 0.25) is 5.95 Å². The normalized spacial score (nSPS) is 12.8. The van der Waals surface area contributed by atoms with Crippen molar-refractivity contribution in [3.05, 3.63) is 84.2 Å². The molecule has 0 aliphatic rings. The van der Waals surface area contributed by atoms with E-state index in [2.05, 4.69) is 22.7 Å². The summed E-state index contributed by atoms with van der Waals surface area (Å²) >= 11 is -5.23. The molecule has 2 rings (SSSR count). The zero-order valence-corrected chi connectivity index (χ0v) is 22.7. The number of carbonyl (C=O) groups is 1. The number of nitrogens with two attached hydrogens (primary N) is 1. The number of hydrogen-bond acceptors (Lipinski definition) is 4. The molecular weight excluding hydrogens is 707 g/mol. The summed E-state index contributed by atoms with van der Waals surface area (Å²) in [5.41, 5.74) is 5.21. The van der Waals surface area contributed by atoms with Crippen LogP contribution in [0.5, 0.6) is 0 Å². The summed E-state index contributed by atoms with van der Waals surface area (Å²) in [4.78, 5) is 15.4. The molecule has 1 unspecified atom stereocenters. The number of hydrogen-bond donors (Lipinski definition) is 1. The first-order valence-electron chi connectivity index (χ1n) is 9.85. The van der Waals surface area contributed by atoms with Gasteiger partial charge in [-0.1, -0.05) is 26.0 Å². The first kappa shape index (κ1) is 30.4. The molecule has 2 N–H and O–H groups in total. The number of halogens is 7. The maximum absolute atomic E-state index is 13.5. The van der Waals surface area contributed by atoms with Crippen LogP contribution in [0.15, 0.2) is 60.6 Å². The van der Waals surface area contributed by atoms with E-state index in [0.29, 0.717) is 12.1 Å². The molecule has 1 aromatic heterocycles. The van der Waals surface area contributed by atoms with Crippen molar-refractivity contribution < 1.29 is 56.7 Å². The van der Waals surface area contributed by atoms with E-state index in [9.17, 15) is 28.7 Å². The van der Waals surface area contributed by atoms with E-state index in [1.54, 1.807) is 6.92 Å². The van der Waals surface area contributed by atoms with Crippen LogP contribution in [-0.2, 0) is 11.0 Å². The van der Waals surface area contributed by atoms with Crippen molar-refractivity contribution in [3.63, 3.8) is 0 Å². The van der Waals surface area contributed by atoms with E-state index in [-0.39, 0.29) is 22.6 Å². The summed E-state index contributed by atoms with van der Waals surface area (Å²) < 4.78 is 82.6. The summed E-state index contributed by atoms with van der Waals surface area (Å²) in [6.45, 7) is 7.29. The number of amides is 1. The molecule has 189 valence electrons. The van der Waals surface area contributed by atoms with Crippen LogP contribution in [0.2, 0.25) is 0 Å². The number of benzene rings is 1. The van der Waals surface area contributed by atoms with E-state index >= 15 is 0 Å². The third-order valence-electron chi connectivity index (χ3n) is 4.47. The maximum atomic E-state index is 13.5. The van der Waals surface area contributed by atoms with Crippen molar-refractivity contribution in [1.29, 1.82) is 0 Å². The Morgan fingerprint density at radius 3 is 2.40 bits per heavy atom. The monoisotopic (exact) mass is 728 g/mol. The van der Waals surface area contributed by atoms with Crippen LogP contribution in [-0.4, -0.2) is 21.6 Å². The van der Waals surface area contributed by atoms with Crippen LogP contribution in [0.1, 0.15) is 37.0 Å². The van der Waals surface area contributed by atoms with Crippen molar-refractivity contribution in [2.24, 2.45) is 16.8 Å². The molecule has 0 fully saturated rings. The molecule has 2 aromatic rings. The van der Waals surface area contributed by atoms with Crippen LogP contribution in [0, 0.1) is 46.0 Å². The molecule has 0 saturated heterocycles. The molecule has 5 nitrogen and oxygen atoms in total. The molecule has 35 heavy (non-hydrogen) atoms. The van der Waals surface area contributed by atoms with Crippen LogP contribution in [0.25, 0.3) is 5.57 Å². The number of nitrogens with zero attached hydrogens (tertiary/aromatic N) is 3. The van der Waals surface area contributed by atoms with Crippen LogP contribution >= 0.6 is 0 Å². The van der Waals surface area contributed by atoms with Crippen molar-refractivity contribution in [3.8, 4) is 0 Å². The average Bonchev–Trinajstić information content (AvgIpc) is 2.77. The van der Waals surface area contributed by atoms with Crippen LogP contribution in [0.4, 0.5) is 23.9 Å². The Hall–Kier alpha value is -2.65. The van der Waals surface area contributed by atoms with Gasteiger partial charge in [0.25, 0.3) is 5.91 Å². The van der Waals surface area contributed by atoms with Crippen LogP contribution in [0.3, 0.4) is 0 Å². The van der Waals surface area contributed by atoms with Gasteiger partial charge in [-0.2, -0.15) is 46.9 Å². The van der Waals surface area contributed by atoms with Crippen molar-refractivity contribution in [2.75, 3.05) is 0 Å². The van der Waals surface area contributed by atoms with E-state index in [1.165, 1.54) is 30.7 Å². The fourth-order valence-electron chi connectivity index (χ4n) is 2.65. The molecule has 1 aromatic carbocycles. The van der Waals surface area contributed by atoms with Gasteiger partial charge in [-0.3, -0.25) is 4.79 Å². The topological polar surface area (TPSA) is 71.6 Å². The predicted molar refractivity (Wildman–Crippen MR) is 113 cm³/mol. The number of pyridine rings is 1. The first-order valence-corrected chi connectivity index (χ1v) is 14.6. The minimum absolute atomic E-state index is 0.0796. The van der Waals surface area contributed by atoms with Gasteiger partial charge in [-0.25, -0.2) is 9.99 Å². The Kier molecular flexibility index (Phi) is 12.2. The molecule has 0 saturated carbocycles. The first-order chi connectivity index (χ1) is 16.3. The number of aromatic nitrogens is 1. The fourth-order valence-corrected chi connectivity index (χ4v) is 2.65. The third kappa shape index (κ3) is 10.2. The van der Waals surface area contributed by atoms with E-state index in [0.717, 1.165) is 23.2 Å². The molecule has 0 spiro atoms. The van der Waals surface area contributed by atoms with Crippen molar-refractivity contribution >= 4 is 17.2 Å². The molecule has 1 amide bonds. The van der Waals surface area contributed by atoms with Gasteiger partial charge in [-0.05, 0) is 24.0 Å². The van der Waals surface area contributed by atoms with Gasteiger partial charge in [0.1, 0.15) is 0 Å². The van der Waals surface area contributed by atoms with Crippen LogP contribution < -0.4 is 5.73 Å². The standard InChI is InChI=1S/C22H21F4N4O.3FH.U/c1-4-14(3)20(16-7-6-8-17(11-16)22(24,25)26)29-30(5-2)13-18(21(27)31)15-9-10-28-19(23)12-15;;;;/h5,7-14H,2,4H2,1,3H3,(H2,27,31);3*1H;/q-1;;;;+3/p-3/b18-13-,29-20+;;;;. The SMILES string of the molecule is C=CN(/C=C(\C(N)=O)c1ccnc(F)c1)/N=C(/c1c[c-]cc(C(F)(F)F)c1)C(C)CC.[F][U]([F])[F]. The van der Waals surface area contributed by atoms with Gasteiger partial charge < -0.3 is 5.73 Å². The average molecular weight is 728 g/mol. The van der Waals surface area contributed by atoms with Gasteiger partial charge in [0.05, 0.1) is 5.57 Å². The number of rotatable bonds is 8. The summed E-state index contributed by atoms with van der Waals surface area (Å²) in [5, 5.41) is 5.53. The summed E-state index contributed by atoms with van der Waals surface area (Å²) in [7, 11) is 0. The molecule has 1 heterocycles. The molecule has 0 aliphatic heterocycles. The quantitative estimate of drug-likeness (QED) is 0.0904. The number of alkyl halides is 3. The molecular formula is C22H21F7N4OU-. The van der Waals surface area contributed by atoms with E-state index in [4.69, 9.17) is 5.73 Å². The zero-order chi connectivity index (χ0) is 26.8. The van der Waals surface area contributed by atoms with Gasteiger partial charge in [0.15, 0.2) is 0 Å². The predicted octanol–water partition coefficient (Wildman–Crippen LogP) is 6.02. The van der Waals surface area contributed by atoms with E-state index < -0.39 is 51.7 Å². The molecule has 0 bridgehead atoms. The van der Waals surface area contributed by atoms with Gasteiger partial charge >= 0.3 is 40.6 Å². The molecule has 0 aliphatic carbocycles. The second kappa shape index (κ2) is 14.0. The Morgan fingerprint density at radius 1 is 1.29 bits per heavy atom.